The summed E-state index contributed by atoms with van der Waals surface area (Å²) in [5.41, 5.74) is 1.41. The summed E-state index contributed by atoms with van der Waals surface area (Å²) < 4.78 is 0. The van der Waals surface area contributed by atoms with Crippen molar-refractivity contribution in [3.05, 3.63) is 36.5 Å². The van der Waals surface area contributed by atoms with Crippen LogP contribution < -0.4 is 10.6 Å². The Morgan fingerprint density at radius 2 is 2.10 bits per heavy atom. The fraction of sp³-hybridized carbons (Fsp3) is 0.267. The molecule has 0 saturated carbocycles. The standard InChI is InChI=1S/C15H17N3O3/c1-2-10(14(19)20)8-17-15(21)18-12-7-11-5-3-4-6-13(11)16-9-12/h3-7,9-10H,2,8H2,1H3,(H,19,20)(H2,17,18,21). The van der Waals surface area contributed by atoms with Crippen LogP contribution in [0.1, 0.15) is 13.3 Å². The van der Waals surface area contributed by atoms with E-state index in [9.17, 15) is 9.59 Å². The SMILES string of the molecule is CCC(CNC(=O)Nc1cnc2ccccc2c1)C(=O)O. The summed E-state index contributed by atoms with van der Waals surface area (Å²) in [6, 6.07) is 8.96. The van der Waals surface area contributed by atoms with Crippen molar-refractivity contribution in [2.45, 2.75) is 13.3 Å². The lowest BCUT2D eigenvalue weighted by Gasteiger charge is -2.12. The average Bonchev–Trinajstić information content (AvgIpc) is 2.47. The molecule has 1 unspecified atom stereocenters. The molecule has 0 fully saturated rings. The highest BCUT2D eigenvalue weighted by atomic mass is 16.4. The normalized spacial score (nSPS) is 11.9. The number of carbonyl (C=O) groups excluding carboxylic acids is 1. The smallest absolute Gasteiger partial charge is 0.319 e. The average molecular weight is 287 g/mol. The van der Waals surface area contributed by atoms with Crippen LogP contribution in [0.15, 0.2) is 36.5 Å². The van der Waals surface area contributed by atoms with Crippen LogP contribution in [0.5, 0.6) is 0 Å². The van der Waals surface area contributed by atoms with Gasteiger partial charge in [-0.1, -0.05) is 25.1 Å². The summed E-state index contributed by atoms with van der Waals surface area (Å²) in [5, 5.41) is 15.0. The summed E-state index contributed by atoms with van der Waals surface area (Å²) in [4.78, 5) is 26.9. The Hall–Kier alpha value is -2.63. The molecule has 2 amide bonds. The number of nitrogens with zero attached hydrogens (tertiary/aromatic N) is 1. The molecule has 1 aromatic carbocycles. The highest BCUT2D eigenvalue weighted by molar-refractivity contribution is 5.92. The number of para-hydroxylation sites is 1. The fourth-order valence-corrected chi connectivity index (χ4v) is 1.94. The molecular weight excluding hydrogens is 270 g/mol. The molecule has 2 aromatic rings. The molecule has 0 aliphatic carbocycles. The van der Waals surface area contributed by atoms with Gasteiger partial charge in [-0.05, 0) is 18.6 Å². The molecule has 0 spiro atoms. The second kappa shape index (κ2) is 6.69. The van der Waals surface area contributed by atoms with E-state index in [0.29, 0.717) is 12.1 Å². The molecule has 0 aliphatic heterocycles. The molecule has 2 rings (SSSR count). The summed E-state index contributed by atoms with van der Waals surface area (Å²) in [5.74, 6) is -1.49. The van der Waals surface area contributed by atoms with Gasteiger partial charge in [0.05, 0.1) is 23.3 Å². The quantitative estimate of drug-likeness (QED) is 0.787. The van der Waals surface area contributed by atoms with Crippen LogP contribution in [0.2, 0.25) is 0 Å². The summed E-state index contributed by atoms with van der Waals surface area (Å²) in [6.45, 7) is 1.87. The number of fused-ring (bicyclic) bond motifs is 1. The molecule has 0 radical (unpaired) electrons. The predicted molar refractivity (Wildman–Crippen MR) is 80.2 cm³/mol. The number of nitrogens with one attached hydrogen (secondary N) is 2. The summed E-state index contributed by atoms with van der Waals surface area (Å²) >= 11 is 0. The Morgan fingerprint density at radius 3 is 2.81 bits per heavy atom. The Balaban J connectivity index is 1.96. The minimum absolute atomic E-state index is 0.0959. The first-order valence-corrected chi connectivity index (χ1v) is 6.72. The van der Waals surface area contributed by atoms with Gasteiger partial charge in [-0.3, -0.25) is 9.78 Å². The van der Waals surface area contributed by atoms with Crippen molar-refractivity contribution in [1.29, 1.82) is 0 Å². The Bertz CT molecular complexity index is 657. The van der Waals surface area contributed by atoms with Gasteiger partial charge in [0.1, 0.15) is 0 Å². The number of carboxylic acid groups (broad SMARTS) is 1. The van der Waals surface area contributed by atoms with Gasteiger partial charge in [-0.2, -0.15) is 0 Å². The molecular formula is C15H17N3O3. The lowest BCUT2D eigenvalue weighted by Crippen LogP contribution is -2.35. The van der Waals surface area contributed by atoms with Crippen molar-refractivity contribution >= 4 is 28.6 Å². The fourth-order valence-electron chi connectivity index (χ4n) is 1.94. The summed E-state index contributed by atoms with van der Waals surface area (Å²) in [6.07, 6.45) is 2.03. The van der Waals surface area contributed by atoms with Gasteiger partial charge in [-0.15, -0.1) is 0 Å². The van der Waals surface area contributed by atoms with Crippen LogP contribution >= 0.6 is 0 Å². The lowest BCUT2D eigenvalue weighted by atomic mass is 10.1. The molecule has 0 saturated heterocycles. The maximum absolute atomic E-state index is 11.7. The predicted octanol–water partition coefficient (Wildman–Crippen LogP) is 2.47. The second-order valence-electron chi connectivity index (χ2n) is 4.70. The van der Waals surface area contributed by atoms with E-state index in [1.165, 1.54) is 0 Å². The minimum atomic E-state index is -0.912. The number of benzene rings is 1. The third kappa shape index (κ3) is 3.92. The van der Waals surface area contributed by atoms with Gasteiger partial charge in [0.15, 0.2) is 0 Å². The minimum Gasteiger partial charge on any atom is -0.481 e. The third-order valence-corrected chi connectivity index (χ3v) is 3.20. The van der Waals surface area contributed by atoms with E-state index in [1.807, 2.05) is 30.3 Å². The zero-order chi connectivity index (χ0) is 15.2. The van der Waals surface area contributed by atoms with E-state index in [-0.39, 0.29) is 6.54 Å². The maximum Gasteiger partial charge on any atom is 0.319 e. The van der Waals surface area contributed by atoms with Gasteiger partial charge in [0.2, 0.25) is 0 Å². The van der Waals surface area contributed by atoms with Crippen molar-refractivity contribution in [1.82, 2.24) is 10.3 Å². The maximum atomic E-state index is 11.7. The van der Waals surface area contributed by atoms with Gasteiger partial charge >= 0.3 is 12.0 Å². The molecule has 1 aromatic heterocycles. The number of hydrogen-bond donors (Lipinski definition) is 3. The molecule has 21 heavy (non-hydrogen) atoms. The first-order chi connectivity index (χ1) is 10.1. The number of carboxylic acids is 1. The van der Waals surface area contributed by atoms with Gasteiger partial charge in [0, 0.05) is 11.9 Å². The zero-order valence-electron chi connectivity index (χ0n) is 11.7. The van der Waals surface area contributed by atoms with Crippen LogP contribution in [0.4, 0.5) is 10.5 Å². The van der Waals surface area contributed by atoms with Crippen molar-refractivity contribution in [2.75, 3.05) is 11.9 Å². The monoisotopic (exact) mass is 287 g/mol. The molecule has 6 heteroatoms. The largest absolute Gasteiger partial charge is 0.481 e. The highest BCUT2D eigenvalue weighted by Crippen LogP contribution is 2.15. The van der Waals surface area contributed by atoms with E-state index in [0.717, 1.165) is 10.9 Å². The molecule has 1 heterocycles. The number of pyridine rings is 1. The van der Waals surface area contributed by atoms with E-state index in [2.05, 4.69) is 15.6 Å². The number of rotatable bonds is 5. The third-order valence-electron chi connectivity index (χ3n) is 3.20. The van der Waals surface area contributed by atoms with Crippen LogP contribution in [0.25, 0.3) is 10.9 Å². The van der Waals surface area contributed by atoms with Gasteiger partial charge < -0.3 is 15.7 Å². The molecule has 6 nitrogen and oxygen atoms in total. The van der Waals surface area contributed by atoms with Crippen molar-refractivity contribution in [2.24, 2.45) is 5.92 Å². The van der Waals surface area contributed by atoms with Crippen LogP contribution in [0.3, 0.4) is 0 Å². The first-order valence-electron chi connectivity index (χ1n) is 6.72. The lowest BCUT2D eigenvalue weighted by molar-refractivity contribution is -0.141. The van der Waals surface area contributed by atoms with Crippen LogP contribution in [0, 0.1) is 5.92 Å². The molecule has 110 valence electrons. The molecule has 0 aliphatic rings. The molecule has 1 atom stereocenters. The zero-order valence-corrected chi connectivity index (χ0v) is 11.7. The van der Waals surface area contributed by atoms with Gasteiger partial charge in [-0.25, -0.2) is 4.79 Å². The van der Waals surface area contributed by atoms with E-state index < -0.39 is 17.9 Å². The molecule has 0 bridgehead atoms. The second-order valence-corrected chi connectivity index (χ2v) is 4.70. The Labute approximate surface area is 122 Å². The van der Waals surface area contributed by atoms with Gasteiger partial charge in [0.25, 0.3) is 0 Å². The number of hydrogen-bond acceptors (Lipinski definition) is 3. The number of anilines is 1. The number of carbonyl (C=O) groups is 2. The number of urea groups is 1. The van der Waals surface area contributed by atoms with Crippen molar-refractivity contribution in [3.63, 3.8) is 0 Å². The number of amides is 2. The van der Waals surface area contributed by atoms with E-state index in [4.69, 9.17) is 5.11 Å². The topological polar surface area (TPSA) is 91.3 Å². The Morgan fingerprint density at radius 1 is 1.33 bits per heavy atom. The van der Waals surface area contributed by atoms with E-state index >= 15 is 0 Å². The number of aliphatic carboxylic acids is 1. The Kier molecular flexibility index (Phi) is 4.71. The number of aromatic nitrogens is 1. The van der Waals surface area contributed by atoms with Crippen LogP contribution in [-0.4, -0.2) is 28.6 Å². The first kappa shape index (κ1) is 14.8. The summed E-state index contributed by atoms with van der Waals surface area (Å²) in [7, 11) is 0. The van der Waals surface area contributed by atoms with E-state index in [1.54, 1.807) is 13.1 Å². The van der Waals surface area contributed by atoms with Crippen molar-refractivity contribution in [3.8, 4) is 0 Å². The molecule has 3 N–H and O–H groups in total. The highest BCUT2D eigenvalue weighted by Gasteiger charge is 2.15. The van der Waals surface area contributed by atoms with Crippen molar-refractivity contribution < 1.29 is 14.7 Å². The van der Waals surface area contributed by atoms with Crippen LogP contribution in [-0.2, 0) is 4.79 Å².